The molecule has 0 bridgehead atoms. The van der Waals surface area contributed by atoms with Crippen LogP contribution in [0.15, 0.2) is 0 Å². The molecule has 0 atom stereocenters. The van der Waals surface area contributed by atoms with Gasteiger partial charge in [0.25, 0.3) is 0 Å². The Morgan fingerprint density at radius 1 is 1.71 bits per heavy atom. The zero-order valence-electron chi connectivity index (χ0n) is 4.05. The van der Waals surface area contributed by atoms with Gasteiger partial charge in [0, 0.05) is 0 Å². The van der Waals surface area contributed by atoms with Crippen LogP contribution in [0.25, 0.3) is 0 Å². The predicted octanol–water partition coefficient (Wildman–Crippen LogP) is -0.0612. The van der Waals surface area contributed by atoms with Crippen LogP contribution in [0.3, 0.4) is 0 Å². The van der Waals surface area contributed by atoms with E-state index in [0.29, 0.717) is 0 Å². The fraction of sp³-hybridized carbons (Fsp3) is 0.750. The number of nitriles is 1. The molecule has 0 radical (unpaired) electrons. The minimum atomic E-state index is 0.194. The van der Waals surface area contributed by atoms with Crippen LogP contribution in [-0.2, 0) is 0 Å². The summed E-state index contributed by atoms with van der Waals surface area (Å²) in [7, 11) is 0. The fourth-order valence-electron chi connectivity index (χ4n) is 0.201. The summed E-state index contributed by atoms with van der Waals surface area (Å²) >= 11 is 0.194. The molecular weight excluding hydrogens is 155 g/mol. The summed E-state index contributed by atoms with van der Waals surface area (Å²) in [5, 5.41) is 9.04. The number of hydrogen-bond acceptors (Lipinski definition) is 2. The summed E-state index contributed by atoms with van der Waals surface area (Å²) in [4.78, 5) is 2.11. The van der Waals surface area contributed by atoms with Gasteiger partial charge in [0.15, 0.2) is 0 Å². The molecule has 0 unspecified atom stereocenters. The topological polar surface area (TPSA) is 49.8 Å². The van der Waals surface area contributed by atoms with Crippen molar-refractivity contribution in [1.82, 2.24) is 0 Å². The summed E-state index contributed by atoms with van der Waals surface area (Å²) in [6.45, 7) is 0.726. The monoisotopic (exact) mass is 164 g/mol. The Labute approximate surface area is 49.8 Å². The van der Waals surface area contributed by atoms with E-state index in [1.54, 1.807) is 0 Å². The molecule has 0 spiro atoms. The van der Waals surface area contributed by atoms with Gasteiger partial charge in [-0.25, -0.2) is 0 Å². The molecule has 0 saturated heterocycles. The summed E-state index contributed by atoms with van der Waals surface area (Å²) in [6, 6.07) is 0. The van der Waals surface area contributed by atoms with E-state index in [0.717, 1.165) is 18.3 Å². The van der Waals surface area contributed by atoms with Crippen molar-refractivity contribution < 1.29 is 0 Å². The molecule has 40 valence electrons. The van der Waals surface area contributed by atoms with E-state index < -0.39 is 0 Å². The van der Waals surface area contributed by atoms with Crippen molar-refractivity contribution in [2.75, 3.05) is 6.54 Å². The van der Waals surface area contributed by atoms with Crippen LogP contribution in [0.5, 0.6) is 0 Å². The standard InChI is InChI=1S/C4H8N2Se/c5-2-1-3-7-4-6/h1-3,5H2. The first-order chi connectivity index (χ1) is 3.41. The van der Waals surface area contributed by atoms with Gasteiger partial charge in [-0.1, -0.05) is 0 Å². The second kappa shape index (κ2) is 5.97. The molecule has 0 aromatic carbocycles. The first kappa shape index (κ1) is 6.97. The molecule has 0 fully saturated rings. The fourth-order valence-corrected chi connectivity index (χ4v) is 1.05. The van der Waals surface area contributed by atoms with E-state index in [4.69, 9.17) is 11.0 Å². The van der Waals surface area contributed by atoms with Gasteiger partial charge in [0.1, 0.15) is 0 Å². The van der Waals surface area contributed by atoms with E-state index in [9.17, 15) is 0 Å². The maximum atomic E-state index is 8.03. The number of hydrogen-bond donors (Lipinski definition) is 1. The molecule has 7 heavy (non-hydrogen) atoms. The average Bonchev–Trinajstić information content (AvgIpc) is 1.69. The normalized spacial score (nSPS) is 8.00. The molecule has 0 rings (SSSR count). The Bertz CT molecular complexity index is 66.6. The van der Waals surface area contributed by atoms with Crippen LogP contribution in [0.1, 0.15) is 6.42 Å². The summed E-state index contributed by atoms with van der Waals surface area (Å²) in [5.41, 5.74) is 5.17. The summed E-state index contributed by atoms with van der Waals surface area (Å²) in [5.74, 6) is 0. The second-order valence-electron chi connectivity index (χ2n) is 1.08. The molecule has 3 heteroatoms. The summed E-state index contributed by atoms with van der Waals surface area (Å²) in [6.07, 6.45) is 1.01. The van der Waals surface area contributed by atoms with Crippen molar-refractivity contribution in [3.63, 3.8) is 0 Å². The van der Waals surface area contributed by atoms with Crippen LogP contribution in [0, 0.1) is 10.2 Å². The Kier molecular flexibility index (Phi) is 5.94. The molecule has 0 aliphatic rings. The van der Waals surface area contributed by atoms with Gasteiger partial charge in [-0.2, -0.15) is 0 Å². The van der Waals surface area contributed by atoms with Crippen molar-refractivity contribution in [2.45, 2.75) is 11.7 Å². The van der Waals surface area contributed by atoms with Crippen molar-refractivity contribution in [2.24, 2.45) is 5.73 Å². The van der Waals surface area contributed by atoms with Crippen LogP contribution < -0.4 is 5.73 Å². The minimum absolute atomic E-state index is 0.194. The Hall–Kier alpha value is -0.0305. The first-order valence-electron chi connectivity index (χ1n) is 2.12. The third-order valence-electron chi connectivity index (χ3n) is 0.515. The van der Waals surface area contributed by atoms with E-state index in [1.807, 2.05) is 0 Å². The van der Waals surface area contributed by atoms with Gasteiger partial charge < -0.3 is 0 Å². The van der Waals surface area contributed by atoms with Crippen molar-refractivity contribution in [1.29, 1.82) is 5.26 Å². The molecule has 0 heterocycles. The van der Waals surface area contributed by atoms with E-state index >= 15 is 0 Å². The molecule has 0 aliphatic carbocycles. The molecule has 0 aromatic rings. The van der Waals surface area contributed by atoms with E-state index in [1.165, 1.54) is 0 Å². The maximum absolute atomic E-state index is 8.03. The van der Waals surface area contributed by atoms with Crippen LogP contribution in [0.4, 0.5) is 0 Å². The van der Waals surface area contributed by atoms with Gasteiger partial charge in [0.05, 0.1) is 0 Å². The molecule has 0 aliphatic heterocycles. The summed E-state index contributed by atoms with van der Waals surface area (Å²) < 4.78 is 0. The van der Waals surface area contributed by atoms with E-state index in [-0.39, 0.29) is 15.0 Å². The third-order valence-corrected chi connectivity index (χ3v) is 1.82. The van der Waals surface area contributed by atoms with Gasteiger partial charge in [-0.3, -0.25) is 0 Å². The predicted molar refractivity (Wildman–Crippen MR) is 29.8 cm³/mol. The first-order valence-corrected chi connectivity index (χ1v) is 4.19. The quantitative estimate of drug-likeness (QED) is 0.468. The van der Waals surface area contributed by atoms with Crippen molar-refractivity contribution in [3.8, 4) is 4.97 Å². The Morgan fingerprint density at radius 3 is 2.86 bits per heavy atom. The van der Waals surface area contributed by atoms with Gasteiger partial charge in [-0.15, -0.1) is 0 Å². The molecule has 0 amide bonds. The van der Waals surface area contributed by atoms with Gasteiger partial charge in [-0.05, 0) is 0 Å². The zero-order valence-corrected chi connectivity index (χ0v) is 5.77. The van der Waals surface area contributed by atoms with Crippen LogP contribution in [-0.4, -0.2) is 21.5 Å². The van der Waals surface area contributed by atoms with Gasteiger partial charge >= 0.3 is 49.2 Å². The Balaban J connectivity index is 2.60. The molecule has 2 nitrogen and oxygen atoms in total. The number of nitrogens with two attached hydrogens (primary N) is 1. The van der Waals surface area contributed by atoms with E-state index in [2.05, 4.69) is 4.97 Å². The van der Waals surface area contributed by atoms with Gasteiger partial charge in [0.2, 0.25) is 0 Å². The number of nitrogens with zero attached hydrogens (tertiary/aromatic N) is 1. The second-order valence-corrected chi connectivity index (χ2v) is 2.93. The Morgan fingerprint density at radius 2 is 2.43 bits per heavy atom. The van der Waals surface area contributed by atoms with Crippen LogP contribution >= 0.6 is 0 Å². The average molecular weight is 163 g/mol. The zero-order chi connectivity index (χ0) is 5.54. The van der Waals surface area contributed by atoms with Crippen molar-refractivity contribution in [3.05, 3.63) is 0 Å². The molecule has 0 aromatic heterocycles. The van der Waals surface area contributed by atoms with Crippen LogP contribution in [0.2, 0.25) is 5.32 Å². The number of rotatable bonds is 3. The molecule has 0 saturated carbocycles. The molecular formula is C4H8N2Se. The van der Waals surface area contributed by atoms with Crippen molar-refractivity contribution >= 4 is 15.0 Å². The molecule has 2 N–H and O–H groups in total. The third kappa shape index (κ3) is 5.97. The SMILES string of the molecule is N#C[Se]CCCN.